The molecular formula is C15H23N5O3. The van der Waals surface area contributed by atoms with E-state index in [1.807, 2.05) is 13.8 Å². The number of nitrogen functional groups attached to an aromatic ring is 1. The van der Waals surface area contributed by atoms with Crippen molar-refractivity contribution in [3.05, 3.63) is 16.8 Å². The molecule has 3 heterocycles. The zero-order chi connectivity index (χ0) is 16.4. The van der Waals surface area contributed by atoms with E-state index in [1.165, 1.54) is 11.1 Å². The maximum Gasteiger partial charge on any atom is 0.363 e. The number of anilines is 1. The highest BCUT2D eigenvalue weighted by Gasteiger charge is 2.22. The third-order valence-electron chi connectivity index (χ3n) is 4.01. The molecule has 0 spiro atoms. The first-order chi connectivity index (χ1) is 11.1. The molecule has 0 radical (unpaired) electrons. The molecule has 0 aromatic carbocycles. The van der Waals surface area contributed by atoms with E-state index in [9.17, 15) is 4.79 Å². The van der Waals surface area contributed by atoms with Gasteiger partial charge in [0.15, 0.2) is 17.0 Å². The average Bonchev–Trinajstić information content (AvgIpc) is 2.80. The monoisotopic (exact) mass is 321 g/mol. The highest BCUT2D eigenvalue weighted by molar-refractivity contribution is 5.81. The van der Waals surface area contributed by atoms with Crippen molar-refractivity contribution in [1.82, 2.24) is 19.3 Å². The molecule has 0 amide bonds. The van der Waals surface area contributed by atoms with Crippen LogP contribution in [0.1, 0.15) is 26.7 Å². The summed E-state index contributed by atoms with van der Waals surface area (Å²) in [6.07, 6.45) is 3.25. The van der Waals surface area contributed by atoms with Gasteiger partial charge in [0.05, 0.1) is 0 Å². The lowest BCUT2D eigenvalue weighted by atomic mass is 10.0. The molecule has 1 aliphatic heterocycles. The topological polar surface area (TPSA) is 97.2 Å². The van der Waals surface area contributed by atoms with Crippen LogP contribution >= 0.6 is 0 Å². The Hall–Kier alpha value is -2.09. The third kappa shape index (κ3) is 3.17. The summed E-state index contributed by atoms with van der Waals surface area (Å²) in [5.74, 6) is 0.935. The van der Waals surface area contributed by atoms with E-state index in [4.69, 9.17) is 15.3 Å². The fourth-order valence-corrected chi connectivity index (χ4v) is 2.77. The van der Waals surface area contributed by atoms with Crippen molar-refractivity contribution in [3.8, 4) is 0 Å². The molecular weight excluding hydrogens is 298 g/mol. The second kappa shape index (κ2) is 6.57. The normalized spacial score (nSPS) is 16.3. The van der Waals surface area contributed by atoms with Gasteiger partial charge in [0.1, 0.15) is 12.9 Å². The van der Waals surface area contributed by atoms with Crippen LogP contribution in [-0.4, -0.2) is 39.1 Å². The quantitative estimate of drug-likeness (QED) is 0.870. The summed E-state index contributed by atoms with van der Waals surface area (Å²) >= 11 is 0. The zero-order valence-corrected chi connectivity index (χ0v) is 13.6. The molecule has 1 aliphatic rings. The van der Waals surface area contributed by atoms with E-state index < -0.39 is 0 Å². The van der Waals surface area contributed by atoms with Gasteiger partial charge in [-0.3, -0.25) is 4.57 Å². The maximum absolute atomic E-state index is 12.8. The van der Waals surface area contributed by atoms with Crippen LogP contribution in [0.5, 0.6) is 0 Å². The van der Waals surface area contributed by atoms with E-state index in [-0.39, 0.29) is 11.5 Å². The lowest BCUT2D eigenvalue weighted by Crippen LogP contribution is -2.33. The Kier molecular flexibility index (Phi) is 4.51. The maximum atomic E-state index is 12.8. The van der Waals surface area contributed by atoms with Gasteiger partial charge in [-0.15, -0.1) is 4.73 Å². The number of nitrogens with two attached hydrogens (primary N) is 1. The van der Waals surface area contributed by atoms with Gasteiger partial charge in [-0.05, 0) is 24.7 Å². The Morgan fingerprint density at radius 2 is 2.13 bits per heavy atom. The largest absolute Gasteiger partial charge is 0.408 e. The van der Waals surface area contributed by atoms with Gasteiger partial charge in [-0.2, -0.15) is 0 Å². The Bertz CT molecular complexity index is 731. The Balaban J connectivity index is 2.01. The number of rotatable bonds is 5. The molecule has 2 N–H and O–H groups in total. The minimum Gasteiger partial charge on any atom is -0.408 e. The number of hydrogen-bond acceptors (Lipinski definition) is 6. The SMILES string of the molecule is CC(C)COn1c(=O)n(CC2CCOCC2)c2ncnc(N)c21. The summed E-state index contributed by atoms with van der Waals surface area (Å²) in [5.41, 5.74) is 6.68. The average molecular weight is 321 g/mol. The fraction of sp³-hybridized carbons (Fsp3) is 0.667. The summed E-state index contributed by atoms with van der Waals surface area (Å²) in [6, 6.07) is 0. The molecule has 2 aromatic rings. The summed E-state index contributed by atoms with van der Waals surface area (Å²) in [7, 11) is 0. The lowest BCUT2D eigenvalue weighted by Gasteiger charge is -2.21. The van der Waals surface area contributed by atoms with Gasteiger partial charge in [-0.25, -0.2) is 14.8 Å². The minimum atomic E-state index is -0.251. The van der Waals surface area contributed by atoms with Crippen LogP contribution in [0.2, 0.25) is 0 Å². The predicted molar refractivity (Wildman–Crippen MR) is 86.0 cm³/mol. The van der Waals surface area contributed by atoms with Crippen molar-refractivity contribution in [2.75, 3.05) is 25.6 Å². The number of aromatic nitrogens is 4. The van der Waals surface area contributed by atoms with Gasteiger partial charge in [0.25, 0.3) is 0 Å². The first kappa shape index (κ1) is 15.8. The second-order valence-corrected chi connectivity index (χ2v) is 6.36. The van der Waals surface area contributed by atoms with E-state index in [1.54, 1.807) is 4.57 Å². The third-order valence-corrected chi connectivity index (χ3v) is 4.01. The number of fused-ring (bicyclic) bond motifs is 1. The minimum absolute atomic E-state index is 0.251. The Morgan fingerprint density at radius 3 is 2.83 bits per heavy atom. The number of hydrogen-bond donors (Lipinski definition) is 1. The van der Waals surface area contributed by atoms with Crippen LogP contribution in [0, 0.1) is 11.8 Å². The number of imidazole rings is 1. The molecule has 0 saturated carbocycles. The summed E-state index contributed by atoms with van der Waals surface area (Å²) in [6.45, 7) is 6.52. The molecule has 126 valence electrons. The number of nitrogens with zero attached hydrogens (tertiary/aromatic N) is 4. The van der Waals surface area contributed by atoms with E-state index in [2.05, 4.69) is 9.97 Å². The first-order valence-corrected chi connectivity index (χ1v) is 8.00. The van der Waals surface area contributed by atoms with Crippen LogP contribution in [0.4, 0.5) is 5.82 Å². The lowest BCUT2D eigenvalue weighted by molar-refractivity contribution is 0.0594. The highest BCUT2D eigenvalue weighted by atomic mass is 16.7. The van der Waals surface area contributed by atoms with Crippen molar-refractivity contribution < 1.29 is 9.57 Å². The molecule has 8 nitrogen and oxygen atoms in total. The van der Waals surface area contributed by atoms with Crippen LogP contribution < -0.4 is 16.3 Å². The summed E-state index contributed by atoms with van der Waals surface area (Å²) < 4.78 is 8.26. The van der Waals surface area contributed by atoms with Crippen molar-refractivity contribution in [3.63, 3.8) is 0 Å². The molecule has 1 fully saturated rings. The molecule has 0 aliphatic carbocycles. The van der Waals surface area contributed by atoms with Gasteiger partial charge in [0, 0.05) is 19.8 Å². The Labute approximate surface area is 134 Å². The van der Waals surface area contributed by atoms with Gasteiger partial charge >= 0.3 is 5.69 Å². The van der Waals surface area contributed by atoms with Crippen LogP contribution in [0.15, 0.2) is 11.1 Å². The zero-order valence-electron chi connectivity index (χ0n) is 13.6. The van der Waals surface area contributed by atoms with Crippen LogP contribution in [0.25, 0.3) is 11.2 Å². The molecule has 0 unspecified atom stereocenters. The van der Waals surface area contributed by atoms with Gasteiger partial charge < -0.3 is 15.3 Å². The van der Waals surface area contributed by atoms with Crippen molar-refractivity contribution in [1.29, 1.82) is 0 Å². The molecule has 3 rings (SSSR count). The second-order valence-electron chi connectivity index (χ2n) is 6.36. The molecule has 23 heavy (non-hydrogen) atoms. The molecule has 0 atom stereocenters. The highest BCUT2D eigenvalue weighted by Crippen LogP contribution is 2.20. The number of ether oxygens (including phenoxy) is 1. The fourth-order valence-electron chi connectivity index (χ4n) is 2.77. The van der Waals surface area contributed by atoms with E-state index in [0.717, 1.165) is 26.1 Å². The summed E-state index contributed by atoms with van der Waals surface area (Å²) in [5, 5.41) is 0. The molecule has 0 bridgehead atoms. The molecule has 8 heteroatoms. The first-order valence-electron chi connectivity index (χ1n) is 8.00. The van der Waals surface area contributed by atoms with Crippen LogP contribution in [0.3, 0.4) is 0 Å². The molecule has 1 saturated heterocycles. The van der Waals surface area contributed by atoms with Gasteiger partial charge in [-0.1, -0.05) is 13.8 Å². The predicted octanol–water partition coefficient (Wildman–Crippen LogP) is 0.686. The standard InChI is InChI=1S/C15H23N5O3/c1-10(2)8-23-20-12-13(16)17-9-18-14(12)19(15(20)21)7-11-3-5-22-6-4-11/h9-11H,3-8H2,1-2H3,(H2,16,17,18). The van der Waals surface area contributed by atoms with Gasteiger partial charge in [0.2, 0.25) is 0 Å². The van der Waals surface area contributed by atoms with E-state index in [0.29, 0.717) is 36.2 Å². The van der Waals surface area contributed by atoms with Crippen molar-refractivity contribution in [2.45, 2.75) is 33.2 Å². The Morgan fingerprint density at radius 1 is 1.39 bits per heavy atom. The van der Waals surface area contributed by atoms with Crippen LogP contribution in [-0.2, 0) is 11.3 Å². The van der Waals surface area contributed by atoms with Crippen molar-refractivity contribution in [2.24, 2.45) is 11.8 Å². The smallest absolute Gasteiger partial charge is 0.363 e. The molecule has 2 aromatic heterocycles. The summed E-state index contributed by atoms with van der Waals surface area (Å²) in [4.78, 5) is 26.7. The van der Waals surface area contributed by atoms with Crippen molar-refractivity contribution >= 4 is 17.0 Å². The van der Waals surface area contributed by atoms with E-state index >= 15 is 0 Å².